The molecule has 38 heavy (non-hydrogen) atoms. The Bertz CT molecular complexity index is 1360. The number of nitro benzene ring substituents is 2. The van der Waals surface area contributed by atoms with Crippen molar-refractivity contribution in [2.24, 2.45) is 0 Å². The maximum absolute atomic E-state index is 11.2. The molecule has 2 aromatic carbocycles. The largest absolute Gasteiger partial charge is 0.388 e. The summed E-state index contributed by atoms with van der Waals surface area (Å²) >= 11 is 0. The van der Waals surface area contributed by atoms with Crippen molar-refractivity contribution in [1.82, 2.24) is 0 Å². The minimum Gasteiger partial charge on any atom is -0.388 e. The van der Waals surface area contributed by atoms with Crippen LogP contribution < -0.4 is 0 Å². The maximum atomic E-state index is 11.2. The number of fused-ring (bicyclic) bond motifs is 2. The lowest BCUT2D eigenvalue weighted by molar-refractivity contribution is -0.385. The first-order chi connectivity index (χ1) is 17.0. The summed E-state index contributed by atoms with van der Waals surface area (Å²) in [7, 11) is -2.26. The zero-order valence-electron chi connectivity index (χ0n) is 20.1. The van der Waals surface area contributed by atoms with Gasteiger partial charge in [0.25, 0.3) is 21.5 Å². The highest BCUT2D eigenvalue weighted by Crippen LogP contribution is 2.35. The van der Waals surface area contributed by atoms with E-state index in [1.807, 2.05) is 0 Å². The van der Waals surface area contributed by atoms with Gasteiger partial charge in [-0.25, -0.2) is 8.42 Å². The Labute approximate surface area is 226 Å². The molecule has 2 atom stereocenters. The van der Waals surface area contributed by atoms with E-state index in [9.17, 15) is 42.2 Å². The van der Waals surface area contributed by atoms with E-state index in [-0.39, 0.29) is 18.8 Å². The number of rotatable bonds is 4. The lowest BCUT2D eigenvalue weighted by Gasteiger charge is -2.24. The van der Waals surface area contributed by atoms with E-state index in [1.165, 1.54) is 24.3 Å². The van der Waals surface area contributed by atoms with Crippen molar-refractivity contribution in [3.8, 4) is 0 Å². The van der Waals surface area contributed by atoms with Gasteiger partial charge in [0, 0.05) is 34.9 Å². The number of hydrogen-bond donors (Lipinski definition) is 1. The first-order valence-electron chi connectivity index (χ1n) is 11.1. The number of benzene rings is 2. The molecule has 2 aromatic rings. The van der Waals surface area contributed by atoms with Crippen LogP contribution in [0, 0.1) is 20.2 Å². The third kappa shape index (κ3) is 11.0. The van der Waals surface area contributed by atoms with E-state index in [4.69, 9.17) is 4.18 Å². The van der Waals surface area contributed by atoms with Crippen molar-refractivity contribution < 1.29 is 36.0 Å². The Morgan fingerprint density at radius 2 is 1.29 bits per heavy atom. The third-order valence-electron chi connectivity index (χ3n) is 5.51. The molecule has 0 amide bonds. The Morgan fingerprint density at radius 3 is 1.74 bits per heavy atom. The summed E-state index contributed by atoms with van der Waals surface area (Å²) in [5.74, 6) is 0. The molecule has 12 nitrogen and oxygen atoms in total. The summed E-state index contributed by atoms with van der Waals surface area (Å²) in [6.07, 6.45) is 5.49. The topological polar surface area (TPSA) is 184 Å². The molecule has 0 radical (unpaired) electrons. The molecular formula is C23H31ClN2O10S2. The molecule has 2 aliphatic carbocycles. The molecule has 0 aromatic heterocycles. The predicted octanol–water partition coefficient (Wildman–Crippen LogP) is 4.73. The maximum Gasteiger partial charge on any atom is 0.269 e. The second-order valence-corrected chi connectivity index (χ2v) is 13.2. The van der Waals surface area contributed by atoms with E-state index in [1.54, 1.807) is 12.1 Å². The van der Waals surface area contributed by atoms with Crippen molar-refractivity contribution in [3.63, 3.8) is 0 Å². The fourth-order valence-electron chi connectivity index (χ4n) is 4.04. The Kier molecular flexibility index (Phi) is 12.2. The zero-order chi connectivity index (χ0) is 28.0. The van der Waals surface area contributed by atoms with Gasteiger partial charge in [0.15, 0.2) is 0 Å². The molecule has 0 fully saturated rings. The van der Waals surface area contributed by atoms with Gasteiger partial charge in [-0.05, 0) is 60.8 Å². The molecule has 2 unspecified atom stereocenters. The van der Waals surface area contributed by atoms with Gasteiger partial charge in [0.05, 0.1) is 28.5 Å². The van der Waals surface area contributed by atoms with Crippen molar-refractivity contribution in [1.29, 1.82) is 0 Å². The normalized spacial score (nSPS) is 18.1. The van der Waals surface area contributed by atoms with Crippen LogP contribution in [0.25, 0.3) is 0 Å². The van der Waals surface area contributed by atoms with E-state index < -0.39 is 41.2 Å². The summed E-state index contributed by atoms with van der Waals surface area (Å²) in [5.41, 5.74) is 3.31. The van der Waals surface area contributed by atoms with Crippen molar-refractivity contribution in [2.75, 3.05) is 12.5 Å². The van der Waals surface area contributed by atoms with Crippen LogP contribution >= 0.6 is 10.7 Å². The average Bonchev–Trinajstić information content (AvgIpc) is 2.77. The number of nitrogens with zero attached hydrogens (tertiary/aromatic N) is 2. The summed E-state index contributed by atoms with van der Waals surface area (Å²) in [5, 5.41) is 30.9. The highest BCUT2D eigenvalue weighted by molar-refractivity contribution is 8.13. The quantitative estimate of drug-likeness (QED) is 0.224. The number of aliphatic hydroxyl groups is 1. The number of halogens is 1. The standard InChI is InChI=1S/C11H13NO5S.C10H11NO3.CH3ClO2S.CH4/c1-18(15,16)17-11-4-2-3-8-5-6-9(12(13)14)7-10(8)11;12-10-3-1-2-7-4-5-8(11(13)14)6-9(7)10;1-5(2,3)4;/h5-7,11H,2-4H2,1H3;4-6,10,12H,1-3H2;1H3;1H4. The highest BCUT2D eigenvalue weighted by atomic mass is 35.7. The Morgan fingerprint density at radius 1 is 0.868 bits per heavy atom. The van der Waals surface area contributed by atoms with Crippen LogP contribution in [0.15, 0.2) is 36.4 Å². The Balaban J connectivity index is 0.000000322. The molecular weight excluding hydrogens is 564 g/mol. The smallest absolute Gasteiger partial charge is 0.269 e. The van der Waals surface area contributed by atoms with Gasteiger partial charge in [0.2, 0.25) is 9.05 Å². The zero-order valence-corrected chi connectivity index (χ0v) is 22.5. The first kappa shape index (κ1) is 33.4. The molecule has 1 N–H and O–H groups in total. The SMILES string of the molecule is C.CS(=O)(=O)Cl.CS(=O)(=O)OC1CCCc2ccc([N+](=O)[O-])cc21.O=[N+]([O-])c1ccc2c(c1)C(O)CCC2. The summed E-state index contributed by atoms with van der Waals surface area (Å²) in [4.78, 5) is 20.3. The van der Waals surface area contributed by atoms with Gasteiger partial charge >= 0.3 is 0 Å². The average molecular weight is 595 g/mol. The van der Waals surface area contributed by atoms with Crippen LogP contribution in [0.4, 0.5) is 11.4 Å². The second-order valence-electron chi connectivity index (χ2n) is 8.55. The molecule has 4 rings (SSSR count). The second kappa shape index (κ2) is 13.9. The molecule has 0 saturated carbocycles. The number of aliphatic hydroxyl groups excluding tert-OH is 1. The number of nitro groups is 2. The summed E-state index contributed by atoms with van der Waals surface area (Å²) in [6.45, 7) is 0. The van der Waals surface area contributed by atoms with Crippen LogP contribution in [0.5, 0.6) is 0 Å². The van der Waals surface area contributed by atoms with E-state index in [0.717, 1.165) is 54.9 Å². The first-order valence-corrected chi connectivity index (χ1v) is 15.6. The van der Waals surface area contributed by atoms with Crippen molar-refractivity contribution in [2.45, 2.75) is 58.2 Å². The number of non-ortho nitro benzene ring substituents is 2. The number of aryl methyl sites for hydroxylation is 2. The third-order valence-corrected chi connectivity index (χ3v) is 6.10. The molecule has 212 valence electrons. The van der Waals surface area contributed by atoms with Gasteiger partial charge in [-0.3, -0.25) is 24.4 Å². The fraction of sp³-hybridized carbons (Fsp3) is 0.478. The molecule has 2 aliphatic rings. The molecule has 0 heterocycles. The number of hydrogen-bond acceptors (Lipinski definition) is 10. The van der Waals surface area contributed by atoms with Crippen molar-refractivity contribution >= 4 is 41.2 Å². The van der Waals surface area contributed by atoms with Crippen molar-refractivity contribution in [3.05, 3.63) is 78.9 Å². The Hall–Kier alpha value is -2.65. The van der Waals surface area contributed by atoms with Crippen LogP contribution in [-0.4, -0.2) is 44.3 Å². The lowest BCUT2D eigenvalue weighted by atomic mass is 9.89. The van der Waals surface area contributed by atoms with E-state index in [2.05, 4.69) is 10.7 Å². The molecule has 15 heteroatoms. The monoisotopic (exact) mass is 594 g/mol. The van der Waals surface area contributed by atoms with Crippen LogP contribution in [0.1, 0.15) is 67.6 Å². The van der Waals surface area contributed by atoms with Crippen LogP contribution in [-0.2, 0) is 36.2 Å². The van der Waals surface area contributed by atoms with Gasteiger partial charge in [0.1, 0.15) is 6.10 Å². The van der Waals surface area contributed by atoms with Gasteiger partial charge in [-0.2, -0.15) is 8.42 Å². The lowest BCUT2D eigenvalue weighted by Crippen LogP contribution is -2.16. The van der Waals surface area contributed by atoms with Crippen LogP contribution in [0.2, 0.25) is 0 Å². The molecule has 0 spiro atoms. The fourth-order valence-corrected chi connectivity index (χ4v) is 4.66. The molecule has 0 bridgehead atoms. The minimum atomic E-state index is -3.57. The summed E-state index contributed by atoms with van der Waals surface area (Å²) < 4.78 is 46.1. The van der Waals surface area contributed by atoms with E-state index >= 15 is 0 Å². The van der Waals surface area contributed by atoms with Gasteiger partial charge in [-0.1, -0.05) is 19.6 Å². The predicted molar refractivity (Wildman–Crippen MR) is 143 cm³/mol. The van der Waals surface area contributed by atoms with Crippen LogP contribution in [0.3, 0.4) is 0 Å². The summed E-state index contributed by atoms with van der Waals surface area (Å²) in [6, 6.07) is 9.24. The minimum absolute atomic E-state index is 0. The molecule has 0 saturated heterocycles. The molecule has 0 aliphatic heterocycles. The van der Waals surface area contributed by atoms with Gasteiger partial charge in [-0.15, -0.1) is 0 Å². The van der Waals surface area contributed by atoms with Gasteiger partial charge < -0.3 is 5.11 Å². The van der Waals surface area contributed by atoms with E-state index in [0.29, 0.717) is 18.4 Å². The highest BCUT2D eigenvalue weighted by Gasteiger charge is 2.26.